The number of nitrogens with zero attached hydrogens (tertiary/aromatic N) is 2. The number of piperazine rings is 1. The first-order valence-electron chi connectivity index (χ1n) is 7.73. The zero-order valence-corrected chi connectivity index (χ0v) is 13.1. The van der Waals surface area contributed by atoms with Crippen LogP contribution in [0, 0.1) is 5.92 Å². The summed E-state index contributed by atoms with van der Waals surface area (Å²) in [6.45, 7) is 7.54. The lowest BCUT2D eigenvalue weighted by molar-refractivity contribution is -0.151. The molecule has 0 aromatic heterocycles. The zero-order chi connectivity index (χ0) is 14.9. The van der Waals surface area contributed by atoms with Gasteiger partial charge in [0.15, 0.2) is 0 Å². The molecule has 0 bridgehead atoms. The average Bonchev–Trinajstić information content (AvgIpc) is 2.37. The van der Waals surface area contributed by atoms with Gasteiger partial charge in [-0.15, -0.1) is 0 Å². The highest BCUT2D eigenvalue weighted by Gasteiger charge is 2.41. The summed E-state index contributed by atoms with van der Waals surface area (Å²) in [6, 6.07) is -0.340. The van der Waals surface area contributed by atoms with Gasteiger partial charge in [-0.25, -0.2) is 0 Å². The number of rotatable bonds is 3. The summed E-state index contributed by atoms with van der Waals surface area (Å²) in [7, 11) is 2.12. The summed E-state index contributed by atoms with van der Waals surface area (Å²) in [5.74, 6) is 0.188. The molecule has 2 fully saturated rings. The number of hydrogen-bond acceptors (Lipinski definition) is 3. The van der Waals surface area contributed by atoms with E-state index in [1.165, 1.54) is 12.8 Å². The van der Waals surface area contributed by atoms with Gasteiger partial charge in [0.1, 0.15) is 12.1 Å². The molecule has 114 valence electrons. The molecule has 2 aliphatic heterocycles. The molecule has 2 amide bonds. The molecule has 3 atom stereocenters. The fraction of sp³-hybridized carbons (Fsp3) is 0.867. The maximum atomic E-state index is 12.5. The lowest BCUT2D eigenvalue weighted by Gasteiger charge is -2.44. The number of carbonyl (C=O) groups excluding carboxylic acids is 2. The molecule has 0 aliphatic carbocycles. The molecule has 5 nitrogen and oxygen atoms in total. The molecule has 2 heterocycles. The van der Waals surface area contributed by atoms with Crippen LogP contribution in [0.4, 0.5) is 0 Å². The number of carbonyl (C=O) groups is 2. The van der Waals surface area contributed by atoms with E-state index >= 15 is 0 Å². The molecule has 20 heavy (non-hydrogen) atoms. The molecule has 0 radical (unpaired) electrons. The van der Waals surface area contributed by atoms with E-state index in [-0.39, 0.29) is 23.8 Å². The Balaban J connectivity index is 2.15. The topological polar surface area (TPSA) is 52.7 Å². The molecule has 0 aromatic carbocycles. The van der Waals surface area contributed by atoms with Crippen LogP contribution in [0.3, 0.4) is 0 Å². The first kappa shape index (κ1) is 15.3. The van der Waals surface area contributed by atoms with Crippen molar-refractivity contribution in [2.24, 2.45) is 5.92 Å². The zero-order valence-electron chi connectivity index (χ0n) is 13.1. The number of amides is 2. The van der Waals surface area contributed by atoms with E-state index in [9.17, 15) is 9.59 Å². The quantitative estimate of drug-likeness (QED) is 0.834. The Morgan fingerprint density at radius 1 is 1.30 bits per heavy atom. The van der Waals surface area contributed by atoms with Crippen LogP contribution in [0.15, 0.2) is 0 Å². The van der Waals surface area contributed by atoms with Crippen molar-refractivity contribution in [2.75, 3.05) is 20.1 Å². The third-order valence-electron chi connectivity index (χ3n) is 4.58. The highest BCUT2D eigenvalue weighted by Crippen LogP contribution is 2.22. The van der Waals surface area contributed by atoms with Crippen LogP contribution in [-0.4, -0.2) is 59.9 Å². The van der Waals surface area contributed by atoms with Gasteiger partial charge in [-0.2, -0.15) is 0 Å². The minimum atomic E-state index is -0.397. The van der Waals surface area contributed by atoms with E-state index in [1.807, 2.05) is 18.7 Å². The minimum Gasteiger partial charge on any atom is -0.343 e. The Kier molecular flexibility index (Phi) is 4.68. The number of likely N-dealkylation sites (N-methyl/N-ethyl adjacent to an activating group) is 1. The van der Waals surface area contributed by atoms with Crippen molar-refractivity contribution >= 4 is 11.8 Å². The second kappa shape index (κ2) is 6.12. The highest BCUT2D eigenvalue weighted by atomic mass is 16.2. The van der Waals surface area contributed by atoms with Crippen molar-refractivity contribution in [3.63, 3.8) is 0 Å². The van der Waals surface area contributed by atoms with Gasteiger partial charge in [0.25, 0.3) is 0 Å². The summed E-state index contributed by atoms with van der Waals surface area (Å²) in [5.41, 5.74) is 0. The molecular formula is C15H27N3O2. The van der Waals surface area contributed by atoms with Crippen LogP contribution in [-0.2, 0) is 9.59 Å². The van der Waals surface area contributed by atoms with Crippen molar-refractivity contribution in [1.29, 1.82) is 0 Å². The van der Waals surface area contributed by atoms with Gasteiger partial charge in [0.2, 0.25) is 11.8 Å². The number of nitrogens with one attached hydrogen (secondary N) is 1. The molecule has 2 aliphatic rings. The van der Waals surface area contributed by atoms with E-state index in [2.05, 4.69) is 17.3 Å². The highest BCUT2D eigenvalue weighted by molar-refractivity contribution is 5.96. The predicted octanol–water partition coefficient (Wildman–Crippen LogP) is 0.842. The smallest absolute Gasteiger partial charge is 0.245 e. The van der Waals surface area contributed by atoms with Crippen LogP contribution >= 0.6 is 0 Å². The van der Waals surface area contributed by atoms with E-state index in [1.54, 1.807) is 6.92 Å². The lowest BCUT2D eigenvalue weighted by Crippen LogP contribution is -2.65. The van der Waals surface area contributed by atoms with Crippen molar-refractivity contribution in [3.8, 4) is 0 Å². The van der Waals surface area contributed by atoms with Crippen LogP contribution < -0.4 is 5.32 Å². The summed E-state index contributed by atoms with van der Waals surface area (Å²) in [6.07, 6.45) is 3.55. The second-order valence-electron chi connectivity index (χ2n) is 6.54. The van der Waals surface area contributed by atoms with E-state index in [0.717, 1.165) is 13.0 Å². The molecule has 2 saturated heterocycles. The van der Waals surface area contributed by atoms with Crippen LogP contribution in [0.5, 0.6) is 0 Å². The Hall–Kier alpha value is -1.10. The summed E-state index contributed by atoms with van der Waals surface area (Å²) < 4.78 is 0. The Morgan fingerprint density at radius 2 is 2.00 bits per heavy atom. The van der Waals surface area contributed by atoms with Crippen molar-refractivity contribution in [2.45, 2.75) is 58.2 Å². The van der Waals surface area contributed by atoms with Crippen molar-refractivity contribution in [3.05, 3.63) is 0 Å². The number of piperidine rings is 1. The summed E-state index contributed by atoms with van der Waals surface area (Å²) >= 11 is 0. The van der Waals surface area contributed by atoms with Gasteiger partial charge >= 0.3 is 0 Å². The lowest BCUT2D eigenvalue weighted by atomic mass is 9.95. The predicted molar refractivity (Wildman–Crippen MR) is 78.2 cm³/mol. The SMILES string of the molecule is CC1NC(=O)C(C(C)C)N(CC2CCCCN2C)C1=O. The van der Waals surface area contributed by atoms with Crippen LogP contribution in [0.25, 0.3) is 0 Å². The van der Waals surface area contributed by atoms with Gasteiger partial charge in [-0.05, 0) is 39.3 Å². The van der Waals surface area contributed by atoms with E-state index in [0.29, 0.717) is 12.6 Å². The molecule has 0 aromatic rings. The van der Waals surface area contributed by atoms with E-state index < -0.39 is 6.04 Å². The van der Waals surface area contributed by atoms with Crippen molar-refractivity contribution < 1.29 is 9.59 Å². The molecule has 3 unspecified atom stereocenters. The fourth-order valence-corrected chi connectivity index (χ4v) is 3.36. The third kappa shape index (κ3) is 2.97. The summed E-state index contributed by atoms with van der Waals surface area (Å²) in [4.78, 5) is 28.8. The molecule has 2 rings (SSSR count). The molecular weight excluding hydrogens is 254 g/mol. The Labute approximate surface area is 121 Å². The molecule has 1 N–H and O–H groups in total. The molecule has 0 spiro atoms. The standard InChI is InChI=1S/C15H27N3O2/c1-10(2)13-14(19)16-11(3)15(20)18(13)9-12-7-5-6-8-17(12)4/h10-13H,5-9H2,1-4H3,(H,16,19). The first-order valence-corrected chi connectivity index (χ1v) is 7.73. The Morgan fingerprint density at radius 3 is 2.60 bits per heavy atom. The van der Waals surface area contributed by atoms with E-state index in [4.69, 9.17) is 0 Å². The van der Waals surface area contributed by atoms with Crippen LogP contribution in [0.2, 0.25) is 0 Å². The van der Waals surface area contributed by atoms with Gasteiger partial charge in [-0.1, -0.05) is 20.3 Å². The summed E-state index contributed by atoms with van der Waals surface area (Å²) in [5, 5.41) is 2.80. The van der Waals surface area contributed by atoms with Gasteiger partial charge < -0.3 is 15.1 Å². The second-order valence-corrected chi connectivity index (χ2v) is 6.54. The molecule has 5 heteroatoms. The van der Waals surface area contributed by atoms with Gasteiger partial charge in [0, 0.05) is 12.6 Å². The fourth-order valence-electron chi connectivity index (χ4n) is 3.36. The Bertz CT molecular complexity index is 383. The normalized spacial score (nSPS) is 32.6. The third-order valence-corrected chi connectivity index (χ3v) is 4.58. The number of hydrogen-bond donors (Lipinski definition) is 1. The maximum Gasteiger partial charge on any atom is 0.245 e. The monoisotopic (exact) mass is 281 g/mol. The van der Waals surface area contributed by atoms with Gasteiger partial charge in [0.05, 0.1) is 0 Å². The average molecular weight is 281 g/mol. The van der Waals surface area contributed by atoms with Gasteiger partial charge in [-0.3, -0.25) is 9.59 Å². The first-order chi connectivity index (χ1) is 9.41. The minimum absolute atomic E-state index is 0.00874. The number of likely N-dealkylation sites (tertiary alicyclic amines) is 1. The largest absolute Gasteiger partial charge is 0.343 e. The van der Waals surface area contributed by atoms with Crippen LogP contribution in [0.1, 0.15) is 40.0 Å². The van der Waals surface area contributed by atoms with Crippen molar-refractivity contribution in [1.82, 2.24) is 15.1 Å². The molecule has 0 saturated carbocycles. The maximum absolute atomic E-state index is 12.5.